The predicted molar refractivity (Wildman–Crippen MR) is 85.2 cm³/mol. The Balaban J connectivity index is 1.66. The van der Waals surface area contributed by atoms with Crippen LogP contribution in [0.1, 0.15) is 5.56 Å². The molecule has 3 rings (SSSR count). The molecule has 0 aliphatic rings. The number of rotatable bonds is 4. The highest BCUT2D eigenvalue weighted by molar-refractivity contribution is 6.31. The Morgan fingerprint density at radius 3 is 2.71 bits per heavy atom. The lowest BCUT2D eigenvalue weighted by Gasteiger charge is -2.07. The van der Waals surface area contributed by atoms with Crippen molar-refractivity contribution in [1.82, 2.24) is 9.88 Å². The molecule has 106 valence electrons. The molecule has 0 aliphatic heterocycles. The maximum absolute atomic E-state index is 12.0. The van der Waals surface area contributed by atoms with Crippen LogP contribution in [0.2, 0.25) is 5.02 Å². The molecule has 3 aromatic rings. The Kier molecular flexibility index (Phi) is 3.93. The number of nitrogens with one attached hydrogen (secondary N) is 1. The van der Waals surface area contributed by atoms with Gasteiger partial charge in [0.15, 0.2) is 0 Å². The summed E-state index contributed by atoms with van der Waals surface area (Å²) in [7, 11) is 0. The second kappa shape index (κ2) is 6.02. The van der Waals surface area contributed by atoms with Crippen LogP contribution >= 0.6 is 11.6 Å². The number of fused-ring (bicyclic) bond motifs is 1. The van der Waals surface area contributed by atoms with E-state index < -0.39 is 0 Å². The molecule has 21 heavy (non-hydrogen) atoms. The van der Waals surface area contributed by atoms with Gasteiger partial charge in [-0.15, -0.1) is 0 Å². The number of benzene rings is 2. The average Bonchev–Trinajstić information content (AvgIpc) is 2.88. The first-order valence-corrected chi connectivity index (χ1v) is 7.15. The largest absolute Gasteiger partial charge is 0.350 e. The fourth-order valence-corrected chi connectivity index (χ4v) is 2.50. The lowest BCUT2D eigenvalue weighted by atomic mass is 10.2. The quantitative estimate of drug-likeness (QED) is 0.784. The third-order valence-corrected chi connectivity index (χ3v) is 3.61. The van der Waals surface area contributed by atoms with Crippen LogP contribution in [0.3, 0.4) is 0 Å². The summed E-state index contributed by atoms with van der Waals surface area (Å²) >= 11 is 5.96. The number of amides is 1. The van der Waals surface area contributed by atoms with Crippen LogP contribution in [-0.4, -0.2) is 10.5 Å². The fraction of sp³-hybridized carbons (Fsp3) is 0.118. The van der Waals surface area contributed by atoms with Crippen LogP contribution in [0.15, 0.2) is 60.8 Å². The summed E-state index contributed by atoms with van der Waals surface area (Å²) < 4.78 is 1.92. The lowest BCUT2D eigenvalue weighted by molar-refractivity contribution is -0.121. The molecule has 0 saturated carbocycles. The number of aromatic nitrogens is 1. The zero-order valence-corrected chi connectivity index (χ0v) is 12.2. The van der Waals surface area contributed by atoms with E-state index in [2.05, 4.69) is 5.32 Å². The van der Waals surface area contributed by atoms with Crippen molar-refractivity contribution in [3.8, 4) is 0 Å². The van der Waals surface area contributed by atoms with Crippen LogP contribution in [0.5, 0.6) is 0 Å². The molecule has 4 heteroatoms. The molecule has 0 saturated heterocycles. The van der Waals surface area contributed by atoms with Crippen LogP contribution < -0.4 is 5.32 Å². The van der Waals surface area contributed by atoms with E-state index in [1.54, 1.807) is 0 Å². The first kappa shape index (κ1) is 13.7. The number of carbonyl (C=O) groups excluding carboxylic acids is 1. The lowest BCUT2D eigenvalue weighted by Crippen LogP contribution is -2.26. The summed E-state index contributed by atoms with van der Waals surface area (Å²) in [4.78, 5) is 12.0. The zero-order valence-electron chi connectivity index (χ0n) is 11.4. The van der Waals surface area contributed by atoms with E-state index in [1.807, 2.05) is 65.4 Å². The van der Waals surface area contributed by atoms with Gasteiger partial charge in [0, 0.05) is 28.7 Å². The summed E-state index contributed by atoms with van der Waals surface area (Å²) in [5.41, 5.74) is 2.10. The van der Waals surface area contributed by atoms with Crippen LogP contribution in [0, 0.1) is 0 Å². The number of halogens is 1. The van der Waals surface area contributed by atoms with E-state index in [1.165, 1.54) is 0 Å². The minimum absolute atomic E-state index is 0.00805. The Bertz CT molecular complexity index is 765. The molecule has 0 aliphatic carbocycles. The second-order valence-electron chi connectivity index (χ2n) is 4.91. The van der Waals surface area contributed by atoms with E-state index in [9.17, 15) is 4.79 Å². The summed E-state index contributed by atoms with van der Waals surface area (Å²) in [6.45, 7) is 0.850. The predicted octanol–water partition coefficient (Wildman–Crippen LogP) is 3.61. The van der Waals surface area contributed by atoms with Gasteiger partial charge in [-0.25, -0.2) is 0 Å². The van der Waals surface area contributed by atoms with Gasteiger partial charge in [-0.2, -0.15) is 0 Å². The fourth-order valence-electron chi connectivity index (χ4n) is 2.32. The molecule has 0 atom stereocenters. The van der Waals surface area contributed by atoms with Gasteiger partial charge in [-0.05, 0) is 29.8 Å². The molecule has 1 aromatic heterocycles. The molecule has 1 heterocycles. The molecule has 0 fully saturated rings. The minimum atomic E-state index is -0.00805. The maximum Gasteiger partial charge on any atom is 0.240 e. The molecule has 0 unspecified atom stereocenters. The SMILES string of the molecule is O=C(Cn1ccc2cc(Cl)ccc21)NCc1ccccc1. The van der Waals surface area contributed by atoms with Crippen LogP contribution in [-0.2, 0) is 17.9 Å². The van der Waals surface area contributed by atoms with Gasteiger partial charge in [-0.1, -0.05) is 41.9 Å². The van der Waals surface area contributed by atoms with Crippen molar-refractivity contribution in [2.75, 3.05) is 0 Å². The maximum atomic E-state index is 12.0. The standard InChI is InChI=1S/C17H15ClN2O/c18-15-6-7-16-14(10-15)8-9-20(16)12-17(21)19-11-13-4-2-1-3-5-13/h1-10H,11-12H2,(H,19,21). The normalized spacial score (nSPS) is 10.7. The van der Waals surface area contributed by atoms with Gasteiger partial charge >= 0.3 is 0 Å². The topological polar surface area (TPSA) is 34.0 Å². The first-order valence-electron chi connectivity index (χ1n) is 6.77. The van der Waals surface area contributed by atoms with Crippen molar-refractivity contribution < 1.29 is 4.79 Å². The van der Waals surface area contributed by atoms with Gasteiger partial charge in [-0.3, -0.25) is 4.79 Å². The highest BCUT2D eigenvalue weighted by Crippen LogP contribution is 2.20. The number of hydrogen-bond acceptors (Lipinski definition) is 1. The number of hydrogen-bond donors (Lipinski definition) is 1. The third-order valence-electron chi connectivity index (χ3n) is 3.38. The highest BCUT2D eigenvalue weighted by Gasteiger charge is 2.06. The molecule has 0 bridgehead atoms. The highest BCUT2D eigenvalue weighted by atomic mass is 35.5. The monoisotopic (exact) mass is 298 g/mol. The first-order chi connectivity index (χ1) is 10.2. The summed E-state index contributed by atoms with van der Waals surface area (Å²) in [5, 5.41) is 4.67. The van der Waals surface area contributed by atoms with Crippen molar-refractivity contribution in [2.45, 2.75) is 13.1 Å². The average molecular weight is 299 g/mol. The molecule has 1 N–H and O–H groups in total. The van der Waals surface area contributed by atoms with E-state index in [4.69, 9.17) is 11.6 Å². The number of carbonyl (C=O) groups is 1. The summed E-state index contributed by atoms with van der Waals surface area (Å²) in [6, 6.07) is 17.5. The van der Waals surface area contributed by atoms with Crippen molar-refractivity contribution in [1.29, 1.82) is 0 Å². The summed E-state index contributed by atoms with van der Waals surface area (Å²) in [5.74, 6) is -0.00805. The molecule has 0 radical (unpaired) electrons. The zero-order chi connectivity index (χ0) is 14.7. The molecular formula is C17H15ClN2O. The van der Waals surface area contributed by atoms with Crippen molar-refractivity contribution in [3.63, 3.8) is 0 Å². The second-order valence-corrected chi connectivity index (χ2v) is 5.35. The van der Waals surface area contributed by atoms with Crippen LogP contribution in [0.25, 0.3) is 10.9 Å². The van der Waals surface area contributed by atoms with E-state index >= 15 is 0 Å². The van der Waals surface area contributed by atoms with Gasteiger partial charge in [0.25, 0.3) is 0 Å². The third kappa shape index (κ3) is 3.26. The molecule has 1 amide bonds. The Morgan fingerprint density at radius 2 is 1.90 bits per heavy atom. The molecule has 3 nitrogen and oxygen atoms in total. The minimum Gasteiger partial charge on any atom is -0.350 e. The van der Waals surface area contributed by atoms with Gasteiger partial charge in [0.05, 0.1) is 0 Å². The van der Waals surface area contributed by atoms with Gasteiger partial charge in [0.2, 0.25) is 5.91 Å². The van der Waals surface area contributed by atoms with E-state index in [0.717, 1.165) is 16.5 Å². The van der Waals surface area contributed by atoms with Crippen LogP contribution in [0.4, 0.5) is 0 Å². The Hall–Kier alpha value is -2.26. The molecule has 2 aromatic carbocycles. The van der Waals surface area contributed by atoms with Crippen molar-refractivity contribution in [3.05, 3.63) is 71.4 Å². The van der Waals surface area contributed by atoms with Gasteiger partial charge < -0.3 is 9.88 Å². The molecular weight excluding hydrogens is 284 g/mol. The van der Waals surface area contributed by atoms with E-state index in [-0.39, 0.29) is 5.91 Å². The smallest absolute Gasteiger partial charge is 0.240 e. The van der Waals surface area contributed by atoms with Gasteiger partial charge in [0.1, 0.15) is 6.54 Å². The number of nitrogens with zero attached hydrogens (tertiary/aromatic N) is 1. The Labute approximate surface area is 128 Å². The molecule has 0 spiro atoms. The summed E-state index contributed by atoms with van der Waals surface area (Å²) in [6.07, 6.45) is 1.91. The van der Waals surface area contributed by atoms with Crippen molar-refractivity contribution >= 4 is 28.4 Å². The van der Waals surface area contributed by atoms with Crippen molar-refractivity contribution in [2.24, 2.45) is 0 Å². The van der Waals surface area contributed by atoms with E-state index in [0.29, 0.717) is 18.1 Å². The Morgan fingerprint density at radius 1 is 1.10 bits per heavy atom.